The maximum Gasteiger partial charge on any atom is 0.258 e. The number of nitrogens with one attached hydrogen (secondary N) is 1. The summed E-state index contributed by atoms with van der Waals surface area (Å²) >= 11 is 0. The standard InChI is InChI=1S/C16H15N3O2/c1-21-14-7-5-12(6-8-14)17-11-13-10-16(20)19-9-3-2-4-15(19)18-13/h2-10,17H,11H2,1H3. The zero-order valence-electron chi connectivity index (χ0n) is 11.6. The first kappa shape index (κ1) is 13.2. The second kappa shape index (κ2) is 5.66. The van der Waals surface area contributed by atoms with Crippen molar-refractivity contribution >= 4 is 11.3 Å². The van der Waals surface area contributed by atoms with Gasteiger partial charge in [-0.25, -0.2) is 4.98 Å². The third-order valence-electron chi connectivity index (χ3n) is 3.19. The van der Waals surface area contributed by atoms with E-state index in [1.54, 1.807) is 19.4 Å². The average Bonchev–Trinajstić information content (AvgIpc) is 2.53. The van der Waals surface area contributed by atoms with Crippen LogP contribution >= 0.6 is 0 Å². The number of nitrogens with zero attached hydrogens (tertiary/aromatic N) is 2. The first-order chi connectivity index (χ1) is 10.3. The van der Waals surface area contributed by atoms with Crippen molar-refractivity contribution in [2.45, 2.75) is 6.54 Å². The Balaban J connectivity index is 1.80. The molecule has 0 radical (unpaired) electrons. The van der Waals surface area contributed by atoms with Crippen molar-refractivity contribution in [1.82, 2.24) is 9.38 Å². The lowest BCUT2D eigenvalue weighted by Gasteiger charge is -2.08. The van der Waals surface area contributed by atoms with Crippen LogP contribution in [0.4, 0.5) is 5.69 Å². The third kappa shape index (κ3) is 2.86. The molecule has 0 aliphatic rings. The molecule has 0 atom stereocenters. The Kier molecular flexibility index (Phi) is 3.55. The maximum atomic E-state index is 12.0. The van der Waals surface area contributed by atoms with Crippen LogP contribution in [0.15, 0.2) is 59.5 Å². The van der Waals surface area contributed by atoms with E-state index in [2.05, 4.69) is 10.3 Å². The molecule has 0 aliphatic heterocycles. The Morgan fingerprint density at radius 1 is 1.19 bits per heavy atom. The van der Waals surface area contributed by atoms with E-state index in [1.165, 1.54) is 4.40 Å². The summed E-state index contributed by atoms with van der Waals surface area (Å²) in [4.78, 5) is 16.4. The first-order valence-electron chi connectivity index (χ1n) is 6.61. The third-order valence-corrected chi connectivity index (χ3v) is 3.19. The molecule has 0 saturated carbocycles. The molecular weight excluding hydrogens is 266 g/mol. The van der Waals surface area contributed by atoms with Crippen LogP contribution in [0, 0.1) is 0 Å². The summed E-state index contributed by atoms with van der Waals surface area (Å²) in [7, 11) is 1.63. The van der Waals surface area contributed by atoms with Gasteiger partial charge in [-0.2, -0.15) is 0 Å². The second-order valence-corrected chi connectivity index (χ2v) is 4.60. The van der Waals surface area contributed by atoms with Gasteiger partial charge in [-0.15, -0.1) is 0 Å². The van der Waals surface area contributed by atoms with Crippen LogP contribution in [0.1, 0.15) is 5.69 Å². The predicted molar refractivity (Wildman–Crippen MR) is 81.8 cm³/mol. The van der Waals surface area contributed by atoms with E-state index in [-0.39, 0.29) is 5.56 Å². The van der Waals surface area contributed by atoms with Crippen molar-refractivity contribution in [3.8, 4) is 5.75 Å². The van der Waals surface area contributed by atoms with Gasteiger partial charge < -0.3 is 10.1 Å². The Morgan fingerprint density at radius 2 is 2.00 bits per heavy atom. The van der Waals surface area contributed by atoms with Gasteiger partial charge in [0.1, 0.15) is 11.4 Å². The molecule has 0 amide bonds. The lowest BCUT2D eigenvalue weighted by atomic mass is 10.3. The van der Waals surface area contributed by atoms with Gasteiger partial charge in [-0.1, -0.05) is 6.07 Å². The molecule has 3 rings (SSSR count). The van der Waals surface area contributed by atoms with Gasteiger partial charge in [0.15, 0.2) is 0 Å². The van der Waals surface area contributed by atoms with Gasteiger partial charge >= 0.3 is 0 Å². The molecule has 0 aliphatic carbocycles. The summed E-state index contributed by atoms with van der Waals surface area (Å²) in [6, 6.07) is 14.6. The van der Waals surface area contributed by atoms with Crippen molar-refractivity contribution in [3.63, 3.8) is 0 Å². The molecular formula is C16H15N3O2. The number of benzene rings is 1. The Morgan fingerprint density at radius 3 is 2.76 bits per heavy atom. The Bertz CT molecular complexity index is 810. The molecule has 3 aromatic rings. The summed E-state index contributed by atoms with van der Waals surface area (Å²) in [5.74, 6) is 0.808. The monoisotopic (exact) mass is 281 g/mol. The highest BCUT2D eigenvalue weighted by Gasteiger charge is 2.02. The number of ether oxygens (including phenoxy) is 1. The molecule has 2 aromatic heterocycles. The molecule has 0 bridgehead atoms. The van der Waals surface area contributed by atoms with Crippen molar-refractivity contribution < 1.29 is 4.74 Å². The van der Waals surface area contributed by atoms with Gasteiger partial charge in [0, 0.05) is 18.0 Å². The van der Waals surface area contributed by atoms with E-state index in [0.717, 1.165) is 11.4 Å². The molecule has 5 nitrogen and oxygen atoms in total. The minimum absolute atomic E-state index is 0.0767. The molecule has 0 unspecified atom stereocenters. The predicted octanol–water partition coefficient (Wildman–Crippen LogP) is 2.32. The highest BCUT2D eigenvalue weighted by molar-refractivity contribution is 5.47. The summed E-state index contributed by atoms with van der Waals surface area (Å²) in [5.41, 5.74) is 2.23. The molecule has 106 valence electrons. The van der Waals surface area contributed by atoms with Crippen LogP contribution in [0.3, 0.4) is 0 Å². The number of rotatable bonds is 4. The fraction of sp³-hybridized carbons (Fsp3) is 0.125. The van der Waals surface area contributed by atoms with Gasteiger partial charge in [-0.05, 0) is 36.4 Å². The van der Waals surface area contributed by atoms with E-state index in [1.807, 2.05) is 42.5 Å². The smallest absolute Gasteiger partial charge is 0.258 e. The minimum atomic E-state index is -0.0767. The van der Waals surface area contributed by atoms with Crippen LogP contribution in [0.5, 0.6) is 5.75 Å². The minimum Gasteiger partial charge on any atom is -0.497 e. The number of anilines is 1. The van der Waals surface area contributed by atoms with Gasteiger partial charge in [0.25, 0.3) is 5.56 Å². The fourth-order valence-electron chi connectivity index (χ4n) is 2.10. The average molecular weight is 281 g/mol. The van der Waals surface area contributed by atoms with E-state index in [4.69, 9.17) is 4.74 Å². The number of fused-ring (bicyclic) bond motifs is 1. The van der Waals surface area contributed by atoms with E-state index >= 15 is 0 Å². The second-order valence-electron chi connectivity index (χ2n) is 4.60. The zero-order valence-corrected chi connectivity index (χ0v) is 11.6. The molecule has 5 heteroatoms. The Hall–Kier alpha value is -2.82. The SMILES string of the molecule is COc1ccc(NCc2cc(=O)n3ccccc3n2)cc1. The molecule has 0 saturated heterocycles. The highest BCUT2D eigenvalue weighted by atomic mass is 16.5. The fourth-order valence-corrected chi connectivity index (χ4v) is 2.10. The van der Waals surface area contributed by atoms with E-state index in [0.29, 0.717) is 17.9 Å². The quantitative estimate of drug-likeness (QED) is 0.797. The largest absolute Gasteiger partial charge is 0.497 e. The number of hydrogen-bond donors (Lipinski definition) is 1. The van der Waals surface area contributed by atoms with Gasteiger partial charge in [0.05, 0.1) is 19.3 Å². The van der Waals surface area contributed by atoms with Crippen LogP contribution in [0.2, 0.25) is 0 Å². The van der Waals surface area contributed by atoms with Crippen LogP contribution in [-0.2, 0) is 6.54 Å². The topological polar surface area (TPSA) is 55.6 Å². The van der Waals surface area contributed by atoms with Gasteiger partial charge in [-0.3, -0.25) is 9.20 Å². The summed E-state index contributed by atoms with van der Waals surface area (Å²) in [6.07, 6.45) is 1.71. The van der Waals surface area contributed by atoms with Crippen molar-refractivity contribution in [2.75, 3.05) is 12.4 Å². The van der Waals surface area contributed by atoms with Crippen LogP contribution < -0.4 is 15.6 Å². The lowest BCUT2D eigenvalue weighted by Crippen LogP contribution is -2.16. The van der Waals surface area contributed by atoms with Crippen LogP contribution in [0.25, 0.3) is 5.65 Å². The van der Waals surface area contributed by atoms with Crippen molar-refractivity contribution in [2.24, 2.45) is 0 Å². The summed E-state index contributed by atoms with van der Waals surface area (Å²) in [5, 5.41) is 3.24. The molecule has 21 heavy (non-hydrogen) atoms. The molecule has 1 aromatic carbocycles. The van der Waals surface area contributed by atoms with Crippen LogP contribution in [-0.4, -0.2) is 16.5 Å². The normalized spacial score (nSPS) is 10.5. The number of hydrogen-bond acceptors (Lipinski definition) is 4. The number of pyridine rings is 1. The first-order valence-corrected chi connectivity index (χ1v) is 6.61. The van der Waals surface area contributed by atoms with E-state index < -0.39 is 0 Å². The lowest BCUT2D eigenvalue weighted by molar-refractivity contribution is 0.415. The molecule has 0 fully saturated rings. The van der Waals surface area contributed by atoms with Crippen molar-refractivity contribution in [3.05, 3.63) is 70.8 Å². The van der Waals surface area contributed by atoms with Gasteiger partial charge in [0.2, 0.25) is 0 Å². The summed E-state index contributed by atoms with van der Waals surface area (Å²) < 4.78 is 6.64. The van der Waals surface area contributed by atoms with Crippen molar-refractivity contribution in [1.29, 1.82) is 0 Å². The molecule has 1 N–H and O–H groups in total. The Labute approximate surface area is 121 Å². The number of methoxy groups -OCH3 is 1. The molecule has 0 spiro atoms. The maximum absolute atomic E-state index is 12.0. The van der Waals surface area contributed by atoms with E-state index in [9.17, 15) is 4.79 Å². The zero-order chi connectivity index (χ0) is 14.7. The highest BCUT2D eigenvalue weighted by Crippen LogP contribution is 2.15. The summed E-state index contributed by atoms with van der Waals surface area (Å²) in [6.45, 7) is 0.493. The molecule has 2 heterocycles. The number of aromatic nitrogens is 2.